The maximum absolute atomic E-state index is 13.1. The molecule has 0 saturated heterocycles. The third-order valence-corrected chi connectivity index (χ3v) is 1.55. The van der Waals surface area contributed by atoms with Crippen molar-refractivity contribution in [2.75, 3.05) is 6.61 Å². The molecule has 0 fully saturated rings. The van der Waals surface area contributed by atoms with E-state index in [-0.39, 0.29) is 23.0 Å². The second-order valence-electron chi connectivity index (χ2n) is 2.56. The second-order valence-corrected chi connectivity index (χ2v) is 3.10. The average Bonchev–Trinajstić information content (AvgIpc) is 2.15. The monoisotopic (exact) mass is 211 g/mol. The minimum Gasteiger partial charge on any atom is -0.485 e. The standard InChI is InChI=1S/C10H7ClFNO/c1-7(11)6-14-10-3-2-8(5-13)4-9(10)12/h2-4H,1,6H2. The average molecular weight is 212 g/mol. The number of rotatable bonds is 3. The molecule has 0 bridgehead atoms. The topological polar surface area (TPSA) is 33.0 Å². The number of ether oxygens (including phenoxy) is 1. The van der Waals surface area contributed by atoms with Crippen LogP contribution in [0.2, 0.25) is 0 Å². The first-order chi connectivity index (χ1) is 6.63. The molecule has 0 heterocycles. The van der Waals surface area contributed by atoms with E-state index < -0.39 is 5.82 Å². The first-order valence-electron chi connectivity index (χ1n) is 3.79. The van der Waals surface area contributed by atoms with Crippen LogP contribution in [-0.4, -0.2) is 6.61 Å². The van der Waals surface area contributed by atoms with Crippen LogP contribution in [0.15, 0.2) is 29.8 Å². The van der Waals surface area contributed by atoms with Crippen molar-refractivity contribution in [2.45, 2.75) is 0 Å². The molecule has 0 N–H and O–H groups in total. The van der Waals surface area contributed by atoms with Gasteiger partial charge in [0.1, 0.15) is 6.61 Å². The van der Waals surface area contributed by atoms with Crippen LogP contribution in [0.25, 0.3) is 0 Å². The van der Waals surface area contributed by atoms with E-state index in [1.54, 1.807) is 0 Å². The third kappa shape index (κ3) is 2.75. The van der Waals surface area contributed by atoms with Crippen LogP contribution in [0.5, 0.6) is 5.75 Å². The van der Waals surface area contributed by atoms with E-state index in [2.05, 4.69) is 6.58 Å². The molecule has 0 aliphatic carbocycles. The predicted octanol–water partition coefficient (Wildman–Crippen LogP) is 2.83. The van der Waals surface area contributed by atoms with E-state index in [4.69, 9.17) is 21.6 Å². The van der Waals surface area contributed by atoms with Gasteiger partial charge in [-0.15, -0.1) is 0 Å². The molecule has 1 aromatic carbocycles. The van der Waals surface area contributed by atoms with Crippen molar-refractivity contribution in [1.82, 2.24) is 0 Å². The summed E-state index contributed by atoms with van der Waals surface area (Å²) < 4.78 is 18.1. The summed E-state index contributed by atoms with van der Waals surface area (Å²) >= 11 is 5.44. The van der Waals surface area contributed by atoms with Crippen LogP contribution >= 0.6 is 11.6 Å². The van der Waals surface area contributed by atoms with Gasteiger partial charge in [0.2, 0.25) is 0 Å². The molecule has 0 atom stereocenters. The minimum absolute atomic E-state index is 0.0460. The molecule has 0 spiro atoms. The highest BCUT2D eigenvalue weighted by atomic mass is 35.5. The largest absolute Gasteiger partial charge is 0.485 e. The summed E-state index contributed by atoms with van der Waals surface area (Å²) in [5, 5.41) is 8.76. The van der Waals surface area contributed by atoms with E-state index in [1.165, 1.54) is 12.1 Å². The number of benzene rings is 1. The summed E-state index contributed by atoms with van der Waals surface area (Å²) in [6, 6.07) is 5.77. The van der Waals surface area contributed by atoms with Gasteiger partial charge in [-0.1, -0.05) is 18.2 Å². The van der Waals surface area contributed by atoms with Crippen molar-refractivity contribution in [2.24, 2.45) is 0 Å². The van der Waals surface area contributed by atoms with Gasteiger partial charge in [0.25, 0.3) is 0 Å². The lowest BCUT2D eigenvalue weighted by Crippen LogP contribution is -1.98. The summed E-state index contributed by atoms with van der Waals surface area (Å²) in [7, 11) is 0. The fourth-order valence-corrected chi connectivity index (χ4v) is 0.898. The fourth-order valence-electron chi connectivity index (χ4n) is 0.844. The van der Waals surface area contributed by atoms with Gasteiger partial charge in [0.15, 0.2) is 11.6 Å². The minimum atomic E-state index is -0.582. The van der Waals surface area contributed by atoms with Gasteiger partial charge < -0.3 is 4.74 Å². The van der Waals surface area contributed by atoms with Gasteiger partial charge in [-0.3, -0.25) is 0 Å². The Morgan fingerprint density at radius 1 is 1.64 bits per heavy atom. The highest BCUT2D eigenvalue weighted by Gasteiger charge is 2.04. The quantitative estimate of drug-likeness (QED) is 0.770. The smallest absolute Gasteiger partial charge is 0.166 e. The Kier molecular flexibility index (Phi) is 3.49. The van der Waals surface area contributed by atoms with Gasteiger partial charge in [-0.05, 0) is 18.2 Å². The molecule has 0 aliphatic heterocycles. The first kappa shape index (κ1) is 10.6. The molecular formula is C10H7ClFNO. The molecule has 0 unspecified atom stereocenters. The molecule has 0 radical (unpaired) electrons. The summed E-state index contributed by atoms with van der Waals surface area (Å²) in [5.74, 6) is -0.521. The maximum Gasteiger partial charge on any atom is 0.166 e. The summed E-state index contributed by atoms with van der Waals surface area (Å²) in [6.45, 7) is 3.45. The van der Waals surface area contributed by atoms with E-state index in [0.717, 1.165) is 6.07 Å². The molecule has 1 aromatic rings. The molecule has 0 saturated carbocycles. The van der Waals surface area contributed by atoms with Crippen molar-refractivity contribution in [3.8, 4) is 11.8 Å². The van der Waals surface area contributed by atoms with E-state index in [9.17, 15) is 4.39 Å². The number of nitrogens with zero attached hydrogens (tertiary/aromatic N) is 1. The molecule has 0 aliphatic rings. The van der Waals surface area contributed by atoms with E-state index >= 15 is 0 Å². The Hall–Kier alpha value is -1.53. The van der Waals surface area contributed by atoms with Crippen molar-refractivity contribution in [3.63, 3.8) is 0 Å². The number of halogens is 2. The highest BCUT2D eigenvalue weighted by molar-refractivity contribution is 6.29. The molecule has 4 heteroatoms. The van der Waals surface area contributed by atoms with Crippen LogP contribution in [0, 0.1) is 17.1 Å². The fraction of sp³-hybridized carbons (Fsp3) is 0.100. The molecule has 2 nitrogen and oxygen atoms in total. The normalized spacial score (nSPS) is 9.21. The summed E-state index contributed by atoms with van der Waals surface area (Å²) in [5.41, 5.74) is 0.250. The molecule has 1 rings (SSSR count). The molecule has 14 heavy (non-hydrogen) atoms. The van der Waals surface area contributed by atoms with Crippen molar-refractivity contribution < 1.29 is 9.13 Å². The zero-order chi connectivity index (χ0) is 10.6. The van der Waals surface area contributed by atoms with E-state index in [0.29, 0.717) is 0 Å². The number of hydrogen-bond donors (Lipinski definition) is 0. The Labute approximate surface area is 86.2 Å². The lowest BCUT2D eigenvalue weighted by Gasteiger charge is -2.05. The van der Waals surface area contributed by atoms with Gasteiger partial charge >= 0.3 is 0 Å². The number of hydrogen-bond acceptors (Lipinski definition) is 2. The van der Waals surface area contributed by atoms with Crippen LogP contribution in [0.3, 0.4) is 0 Å². The number of nitriles is 1. The first-order valence-corrected chi connectivity index (χ1v) is 4.17. The van der Waals surface area contributed by atoms with Gasteiger partial charge in [0.05, 0.1) is 11.6 Å². The van der Waals surface area contributed by atoms with Crippen molar-refractivity contribution in [3.05, 3.63) is 41.2 Å². The van der Waals surface area contributed by atoms with Gasteiger partial charge in [-0.25, -0.2) is 4.39 Å². The zero-order valence-electron chi connectivity index (χ0n) is 7.26. The van der Waals surface area contributed by atoms with Crippen LogP contribution in [0.4, 0.5) is 4.39 Å². The SMILES string of the molecule is C=C(Cl)COc1ccc(C#N)cc1F. The van der Waals surface area contributed by atoms with Gasteiger partial charge in [-0.2, -0.15) is 5.26 Å². The Morgan fingerprint density at radius 3 is 2.86 bits per heavy atom. The Morgan fingerprint density at radius 2 is 2.36 bits per heavy atom. The molecule has 0 aromatic heterocycles. The van der Waals surface area contributed by atoms with Crippen LogP contribution in [-0.2, 0) is 0 Å². The Bertz CT molecular complexity index is 398. The third-order valence-electron chi connectivity index (χ3n) is 1.45. The lowest BCUT2D eigenvalue weighted by molar-refractivity contribution is 0.338. The van der Waals surface area contributed by atoms with Gasteiger partial charge in [0, 0.05) is 5.03 Å². The lowest BCUT2D eigenvalue weighted by atomic mass is 10.2. The highest BCUT2D eigenvalue weighted by Crippen LogP contribution is 2.18. The van der Waals surface area contributed by atoms with Crippen LogP contribution in [0.1, 0.15) is 5.56 Å². The van der Waals surface area contributed by atoms with E-state index in [1.807, 2.05) is 6.07 Å². The summed E-state index contributed by atoms with van der Waals surface area (Å²) in [4.78, 5) is 0. The van der Waals surface area contributed by atoms with Crippen molar-refractivity contribution in [1.29, 1.82) is 5.26 Å². The molecular weight excluding hydrogens is 205 g/mol. The second kappa shape index (κ2) is 4.64. The Balaban J connectivity index is 2.80. The maximum atomic E-state index is 13.1. The van der Waals surface area contributed by atoms with Crippen LogP contribution < -0.4 is 4.74 Å². The zero-order valence-corrected chi connectivity index (χ0v) is 8.01. The van der Waals surface area contributed by atoms with Crippen molar-refractivity contribution >= 4 is 11.6 Å². The predicted molar refractivity (Wildman–Crippen MR) is 51.6 cm³/mol. The summed E-state index contributed by atoms with van der Waals surface area (Å²) in [6.07, 6.45) is 0. The molecule has 72 valence electrons. The molecule has 0 amide bonds.